The van der Waals surface area contributed by atoms with E-state index in [4.69, 9.17) is 10.2 Å². The Labute approximate surface area is 91.9 Å². The van der Waals surface area contributed by atoms with Crippen molar-refractivity contribution < 1.29 is 19.8 Å². The van der Waals surface area contributed by atoms with E-state index in [2.05, 4.69) is 10.6 Å². The Morgan fingerprint density at radius 3 is 1.62 bits per heavy atom. The normalized spacial score (nSPS) is 9.62. The van der Waals surface area contributed by atoms with Gasteiger partial charge in [-0.05, 0) is 12.1 Å². The lowest BCUT2D eigenvalue weighted by Gasteiger charge is -2.08. The van der Waals surface area contributed by atoms with Gasteiger partial charge in [0.15, 0.2) is 0 Å². The molecule has 0 bridgehead atoms. The van der Waals surface area contributed by atoms with Crippen molar-refractivity contribution in [2.45, 2.75) is 0 Å². The SMILES string of the molecule is O=C(NCO)c1ccccc1C(=O)NCO. The van der Waals surface area contributed by atoms with Gasteiger partial charge in [0.05, 0.1) is 11.1 Å². The standard InChI is InChI=1S/C10H12N2O4/c13-5-11-9(15)7-3-1-2-4-8(7)10(16)12-6-14/h1-4,13-14H,5-6H2,(H,11,15)(H,12,16). The molecule has 0 saturated heterocycles. The summed E-state index contributed by atoms with van der Waals surface area (Å²) >= 11 is 0. The van der Waals surface area contributed by atoms with Crippen molar-refractivity contribution >= 4 is 11.8 Å². The maximum atomic E-state index is 11.5. The summed E-state index contributed by atoms with van der Waals surface area (Å²) < 4.78 is 0. The van der Waals surface area contributed by atoms with Crippen molar-refractivity contribution in [1.29, 1.82) is 0 Å². The van der Waals surface area contributed by atoms with Gasteiger partial charge in [0.1, 0.15) is 13.5 Å². The van der Waals surface area contributed by atoms with Crippen molar-refractivity contribution in [3.8, 4) is 0 Å². The Kier molecular flexibility index (Phi) is 4.43. The molecule has 0 saturated carbocycles. The van der Waals surface area contributed by atoms with Crippen LogP contribution in [0.5, 0.6) is 0 Å². The molecule has 86 valence electrons. The largest absolute Gasteiger partial charge is 0.376 e. The zero-order valence-corrected chi connectivity index (χ0v) is 8.43. The number of amides is 2. The monoisotopic (exact) mass is 224 g/mol. The average molecular weight is 224 g/mol. The van der Waals surface area contributed by atoms with Crippen LogP contribution in [0.1, 0.15) is 20.7 Å². The van der Waals surface area contributed by atoms with Crippen LogP contribution in [0.2, 0.25) is 0 Å². The van der Waals surface area contributed by atoms with Crippen LogP contribution < -0.4 is 10.6 Å². The van der Waals surface area contributed by atoms with Crippen LogP contribution in [-0.2, 0) is 0 Å². The maximum absolute atomic E-state index is 11.5. The summed E-state index contributed by atoms with van der Waals surface area (Å²) in [4.78, 5) is 22.9. The van der Waals surface area contributed by atoms with Gasteiger partial charge in [-0.1, -0.05) is 12.1 Å². The summed E-state index contributed by atoms with van der Waals surface area (Å²) in [6.45, 7) is -1.01. The number of hydrogen-bond acceptors (Lipinski definition) is 4. The smallest absolute Gasteiger partial charge is 0.253 e. The molecule has 0 atom stereocenters. The summed E-state index contributed by atoms with van der Waals surface area (Å²) in [5.41, 5.74) is 0.282. The fourth-order valence-corrected chi connectivity index (χ4v) is 1.21. The lowest BCUT2D eigenvalue weighted by Crippen LogP contribution is -2.30. The number of rotatable bonds is 4. The second-order valence-corrected chi connectivity index (χ2v) is 2.87. The fourth-order valence-electron chi connectivity index (χ4n) is 1.21. The number of carbonyl (C=O) groups is 2. The first-order valence-corrected chi connectivity index (χ1v) is 4.58. The first kappa shape index (κ1) is 12.2. The number of nitrogens with one attached hydrogen (secondary N) is 2. The third-order valence-corrected chi connectivity index (χ3v) is 1.90. The number of carbonyl (C=O) groups excluding carboxylic acids is 2. The Bertz CT molecular complexity index is 355. The fraction of sp³-hybridized carbons (Fsp3) is 0.200. The van der Waals surface area contributed by atoms with Gasteiger partial charge in [0.2, 0.25) is 0 Å². The highest BCUT2D eigenvalue weighted by molar-refractivity contribution is 6.07. The molecule has 4 N–H and O–H groups in total. The molecule has 0 radical (unpaired) electrons. The van der Waals surface area contributed by atoms with Gasteiger partial charge in [-0.25, -0.2) is 0 Å². The van der Waals surface area contributed by atoms with E-state index in [1.165, 1.54) is 12.1 Å². The zero-order valence-electron chi connectivity index (χ0n) is 8.43. The summed E-state index contributed by atoms with van der Waals surface area (Å²) in [6, 6.07) is 6.11. The topological polar surface area (TPSA) is 98.7 Å². The molecule has 2 amide bonds. The highest BCUT2D eigenvalue weighted by Gasteiger charge is 2.15. The molecule has 0 fully saturated rings. The van der Waals surface area contributed by atoms with Crippen LogP contribution in [0.25, 0.3) is 0 Å². The average Bonchev–Trinajstić information content (AvgIpc) is 2.30. The van der Waals surface area contributed by atoms with E-state index < -0.39 is 25.3 Å². The summed E-state index contributed by atoms with van der Waals surface area (Å²) in [7, 11) is 0. The zero-order chi connectivity index (χ0) is 12.0. The van der Waals surface area contributed by atoms with E-state index in [9.17, 15) is 9.59 Å². The molecule has 6 nitrogen and oxygen atoms in total. The second kappa shape index (κ2) is 5.84. The number of aliphatic hydroxyl groups is 2. The van der Waals surface area contributed by atoms with Gasteiger partial charge in [0.25, 0.3) is 11.8 Å². The van der Waals surface area contributed by atoms with Crippen molar-refractivity contribution in [3.05, 3.63) is 35.4 Å². The minimum atomic E-state index is -0.550. The first-order valence-electron chi connectivity index (χ1n) is 4.58. The minimum absolute atomic E-state index is 0.141. The second-order valence-electron chi connectivity index (χ2n) is 2.87. The number of hydrogen-bond donors (Lipinski definition) is 4. The first-order chi connectivity index (χ1) is 7.70. The molecule has 1 aromatic rings. The number of benzene rings is 1. The molecule has 0 aromatic heterocycles. The molecule has 0 aliphatic rings. The van der Waals surface area contributed by atoms with Crippen molar-refractivity contribution in [3.63, 3.8) is 0 Å². The molecule has 1 rings (SSSR count). The van der Waals surface area contributed by atoms with Crippen molar-refractivity contribution in [2.24, 2.45) is 0 Å². The van der Waals surface area contributed by atoms with Crippen molar-refractivity contribution in [1.82, 2.24) is 10.6 Å². The van der Waals surface area contributed by atoms with Gasteiger partial charge in [0, 0.05) is 0 Å². The molecule has 16 heavy (non-hydrogen) atoms. The predicted molar refractivity (Wildman–Crippen MR) is 55.5 cm³/mol. The lowest BCUT2D eigenvalue weighted by atomic mass is 10.1. The highest BCUT2D eigenvalue weighted by Crippen LogP contribution is 2.08. The minimum Gasteiger partial charge on any atom is -0.376 e. The van der Waals surface area contributed by atoms with E-state index in [1.807, 2.05) is 0 Å². The van der Waals surface area contributed by atoms with Crippen LogP contribution in [0.4, 0.5) is 0 Å². The third-order valence-electron chi connectivity index (χ3n) is 1.90. The molecule has 1 aromatic carbocycles. The quantitative estimate of drug-likeness (QED) is 0.495. The Morgan fingerprint density at radius 1 is 0.938 bits per heavy atom. The summed E-state index contributed by atoms with van der Waals surface area (Å²) in [6.07, 6.45) is 0. The molecule has 0 spiro atoms. The molecule has 0 unspecified atom stereocenters. The molecule has 0 aliphatic heterocycles. The van der Waals surface area contributed by atoms with E-state index in [0.717, 1.165) is 0 Å². The molecular weight excluding hydrogens is 212 g/mol. The lowest BCUT2D eigenvalue weighted by molar-refractivity contribution is 0.0874. The molecule has 0 heterocycles. The van der Waals surface area contributed by atoms with Crippen LogP contribution in [0.15, 0.2) is 24.3 Å². The predicted octanol–water partition coefficient (Wildman–Crippen LogP) is -0.954. The molecule has 6 heteroatoms. The van der Waals surface area contributed by atoms with Gasteiger partial charge in [-0.3, -0.25) is 9.59 Å². The van der Waals surface area contributed by atoms with E-state index >= 15 is 0 Å². The molecule has 0 aliphatic carbocycles. The van der Waals surface area contributed by atoms with E-state index in [1.54, 1.807) is 12.1 Å². The Morgan fingerprint density at radius 2 is 1.31 bits per heavy atom. The molecular formula is C10H12N2O4. The Balaban J connectivity index is 3.00. The van der Waals surface area contributed by atoms with Crippen LogP contribution in [0, 0.1) is 0 Å². The van der Waals surface area contributed by atoms with Gasteiger partial charge >= 0.3 is 0 Å². The third kappa shape index (κ3) is 2.78. The van der Waals surface area contributed by atoms with Gasteiger partial charge in [-0.2, -0.15) is 0 Å². The number of aliphatic hydroxyl groups excluding tert-OH is 2. The highest BCUT2D eigenvalue weighted by atomic mass is 16.3. The van der Waals surface area contributed by atoms with Gasteiger partial charge in [-0.15, -0.1) is 0 Å². The summed E-state index contributed by atoms with van der Waals surface area (Å²) in [5.74, 6) is -1.10. The van der Waals surface area contributed by atoms with Gasteiger partial charge < -0.3 is 20.8 Å². The maximum Gasteiger partial charge on any atom is 0.253 e. The van der Waals surface area contributed by atoms with E-state index in [-0.39, 0.29) is 11.1 Å². The van der Waals surface area contributed by atoms with E-state index in [0.29, 0.717) is 0 Å². The van der Waals surface area contributed by atoms with Crippen molar-refractivity contribution in [2.75, 3.05) is 13.5 Å². The van der Waals surface area contributed by atoms with Crippen LogP contribution >= 0.6 is 0 Å². The summed E-state index contributed by atoms with van der Waals surface area (Å²) in [5, 5.41) is 21.5. The Hall–Kier alpha value is -1.92. The van der Waals surface area contributed by atoms with Crippen LogP contribution in [0.3, 0.4) is 0 Å². The van der Waals surface area contributed by atoms with Crippen LogP contribution in [-0.4, -0.2) is 35.5 Å².